The third kappa shape index (κ3) is 2.98. The Balaban J connectivity index is 1.88. The molecule has 1 unspecified atom stereocenters. The molecule has 0 saturated carbocycles. The quantitative estimate of drug-likeness (QED) is 0.847. The molecule has 2 aromatic carbocycles. The number of hydrogen-bond acceptors (Lipinski definition) is 2. The van der Waals surface area contributed by atoms with Crippen LogP contribution in [0.1, 0.15) is 24.1 Å². The van der Waals surface area contributed by atoms with Crippen molar-refractivity contribution in [3.05, 3.63) is 65.7 Å². The summed E-state index contributed by atoms with van der Waals surface area (Å²) in [5.41, 5.74) is 3.71. The van der Waals surface area contributed by atoms with E-state index in [0.717, 1.165) is 19.6 Å². The summed E-state index contributed by atoms with van der Waals surface area (Å²) < 4.78 is 0. The van der Waals surface area contributed by atoms with Gasteiger partial charge in [-0.3, -0.25) is 4.79 Å². The van der Waals surface area contributed by atoms with Gasteiger partial charge in [0.2, 0.25) is 5.91 Å². The third-order valence-electron chi connectivity index (χ3n) is 4.34. The van der Waals surface area contributed by atoms with Gasteiger partial charge >= 0.3 is 0 Å². The van der Waals surface area contributed by atoms with E-state index in [1.165, 1.54) is 16.8 Å². The lowest BCUT2D eigenvalue weighted by Gasteiger charge is -2.42. The summed E-state index contributed by atoms with van der Waals surface area (Å²) in [7, 11) is 0. The molecule has 3 heteroatoms. The molecule has 3 rings (SSSR count). The maximum Gasteiger partial charge on any atom is 0.220 e. The highest BCUT2D eigenvalue weighted by Gasteiger charge is 2.29. The summed E-state index contributed by atoms with van der Waals surface area (Å²) in [6.07, 6.45) is 0. The lowest BCUT2D eigenvalue weighted by molar-refractivity contribution is -0.131. The molecule has 3 nitrogen and oxygen atoms in total. The number of anilines is 1. The van der Waals surface area contributed by atoms with Crippen LogP contribution in [0.15, 0.2) is 54.6 Å². The van der Waals surface area contributed by atoms with E-state index in [2.05, 4.69) is 48.2 Å². The van der Waals surface area contributed by atoms with Gasteiger partial charge in [0.05, 0.1) is 6.04 Å². The summed E-state index contributed by atoms with van der Waals surface area (Å²) in [5, 5.41) is 0. The van der Waals surface area contributed by atoms with Gasteiger partial charge in [-0.1, -0.05) is 42.5 Å². The summed E-state index contributed by atoms with van der Waals surface area (Å²) in [5.74, 6) is 0.151. The Labute approximate surface area is 132 Å². The molecule has 0 radical (unpaired) electrons. The van der Waals surface area contributed by atoms with E-state index in [1.54, 1.807) is 6.92 Å². The first-order chi connectivity index (χ1) is 10.6. The molecule has 1 amide bonds. The molecule has 0 aliphatic carbocycles. The Morgan fingerprint density at radius 3 is 2.50 bits per heavy atom. The lowest BCUT2D eigenvalue weighted by atomic mass is 10.0. The van der Waals surface area contributed by atoms with Gasteiger partial charge in [-0.2, -0.15) is 0 Å². The van der Waals surface area contributed by atoms with Crippen molar-refractivity contribution in [3.8, 4) is 0 Å². The molecule has 1 atom stereocenters. The average molecular weight is 294 g/mol. The molecule has 0 aromatic heterocycles. The molecule has 22 heavy (non-hydrogen) atoms. The predicted octanol–water partition coefficient (Wildman–Crippen LogP) is 3.40. The van der Waals surface area contributed by atoms with Crippen molar-refractivity contribution in [1.29, 1.82) is 0 Å². The van der Waals surface area contributed by atoms with Crippen LogP contribution >= 0.6 is 0 Å². The number of nitrogens with zero attached hydrogens (tertiary/aromatic N) is 2. The topological polar surface area (TPSA) is 23.6 Å². The van der Waals surface area contributed by atoms with Crippen LogP contribution in [-0.4, -0.2) is 30.4 Å². The Morgan fingerprint density at radius 2 is 1.82 bits per heavy atom. The van der Waals surface area contributed by atoms with Crippen LogP contribution < -0.4 is 4.90 Å². The zero-order valence-electron chi connectivity index (χ0n) is 13.2. The summed E-state index contributed by atoms with van der Waals surface area (Å²) >= 11 is 0. The number of rotatable bonds is 2. The number of amides is 1. The normalized spacial score (nSPS) is 18.4. The van der Waals surface area contributed by atoms with Crippen LogP contribution in [0.5, 0.6) is 0 Å². The molecule has 0 bridgehead atoms. The maximum atomic E-state index is 12.0. The lowest BCUT2D eigenvalue weighted by Crippen LogP contribution is -2.50. The molecule has 1 saturated heterocycles. The van der Waals surface area contributed by atoms with Gasteiger partial charge in [0.25, 0.3) is 0 Å². The van der Waals surface area contributed by atoms with Crippen LogP contribution in [-0.2, 0) is 4.79 Å². The molecule has 114 valence electrons. The predicted molar refractivity (Wildman–Crippen MR) is 90.0 cm³/mol. The third-order valence-corrected chi connectivity index (χ3v) is 4.34. The number of benzene rings is 2. The molecular weight excluding hydrogens is 272 g/mol. The number of carbonyl (C=O) groups excluding carboxylic acids is 1. The fraction of sp³-hybridized carbons (Fsp3) is 0.316. The molecule has 2 aromatic rings. The van der Waals surface area contributed by atoms with Crippen molar-refractivity contribution >= 4 is 11.6 Å². The average Bonchev–Trinajstić information content (AvgIpc) is 2.55. The van der Waals surface area contributed by atoms with Crippen LogP contribution in [0.25, 0.3) is 0 Å². The first-order valence-electron chi connectivity index (χ1n) is 7.79. The van der Waals surface area contributed by atoms with Crippen molar-refractivity contribution in [3.63, 3.8) is 0 Å². The standard InChI is InChI=1S/C19H22N2O/c1-15-7-6-10-18(13-15)20-11-12-21(16(2)22)19(14-20)17-8-4-3-5-9-17/h3-10,13,19H,11-12,14H2,1-2H3. The van der Waals surface area contributed by atoms with Gasteiger partial charge in [0.15, 0.2) is 0 Å². The van der Waals surface area contributed by atoms with Crippen molar-refractivity contribution in [1.82, 2.24) is 4.90 Å². The number of carbonyl (C=O) groups is 1. The Bertz CT molecular complexity index is 653. The second-order valence-electron chi connectivity index (χ2n) is 5.92. The van der Waals surface area contributed by atoms with Crippen LogP contribution in [0, 0.1) is 6.92 Å². The van der Waals surface area contributed by atoms with E-state index in [9.17, 15) is 4.79 Å². The zero-order chi connectivity index (χ0) is 15.5. The van der Waals surface area contributed by atoms with Gasteiger partial charge in [-0.15, -0.1) is 0 Å². The first-order valence-corrected chi connectivity index (χ1v) is 7.79. The fourth-order valence-electron chi connectivity index (χ4n) is 3.18. The molecule has 1 fully saturated rings. The number of piperazine rings is 1. The van der Waals surface area contributed by atoms with Gasteiger partial charge in [0.1, 0.15) is 0 Å². The summed E-state index contributed by atoms with van der Waals surface area (Å²) in [6.45, 7) is 6.27. The Kier molecular flexibility index (Phi) is 4.14. The van der Waals surface area contributed by atoms with E-state index in [-0.39, 0.29) is 11.9 Å². The maximum absolute atomic E-state index is 12.0. The zero-order valence-corrected chi connectivity index (χ0v) is 13.2. The van der Waals surface area contributed by atoms with Crippen LogP contribution in [0.4, 0.5) is 5.69 Å². The molecule has 0 spiro atoms. The highest BCUT2D eigenvalue weighted by atomic mass is 16.2. The van der Waals surface area contributed by atoms with Crippen molar-refractivity contribution < 1.29 is 4.79 Å². The molecular formula is C19H22N2O. The number of hydrogen-bond donors (Lipinski definition) is 0. The minimum atomic E-state index is 0.118. The SMILES string of the molecule is CC(=O)N1CCN(c2cccc(C)c2)CC1c1ccccc1. The fourth-order valence-corrected chi connectivity index (χ4v) is 3.18. The first kappa shape index (κ1) is 14.6. The van der Waals surface area contributed by atoms with Crippen molar-refractivity contribution in [2.45, 2.75) is 19.9 Å². The largest absolute Gasteiger partial charge is 0.367 e. The highest BCUT2D eigenvalue weighted by Crippen LogP contribution is 2.28. The number of aryl methyl sites for hydroxylation is 1. The van der Waals surface area contributed by atoms with E-state index in [1.807, 2.05) is 23.1 Å². The van der Waals surface area contributed by atoms with Crippen molar-refractivity contribution in [2.24, 2.45) is 0 Å². The molecule has 1 aliphatic heterocycles. The summed E-state index contributed by atoms with van der Waals surface area (Å²) in [4.78, 5) is 16.4. The summed E-state index contributed by atoms with van der Waals surface area (Å²) in [6, 6.07) is 19.0. The Hall–Kier alpha value is -2.29. The van der Waals surface area contributed by atoms with Crippen molar-refractivity contribution in [2.75, 3.05) is 24.5 Å². The monoisotopic (exact) mass is 294 g/mol. The molecule has 1 aliphatic rings. The van der Waals surface area contributed by atoms with Gasteiger partial charge in [0, 0.05) is 32.2 Å². The smallest absolute Gasteiger partial charge is 0.220 e. The van der Waals surface area contributed by atoms with Crippen LogP contribution in [0.2, 0.25) is 0 Å². The molecule has 0 N–H and O–H groups in total. The minimum Gasteiger partial charge on any atom is -0.367 e. The van der Waals surface area contributed by atoms with Gasteiger partial charge in [-0.25, -0.2) is 0 Å². The van der Waals surface area contributed by atoms with E-state index in [0.29, 0.717) is 0 Å². The molecule has 1 heterocycles. The minimum absolute atomic E-state index is 0.118. The second-order valence-corrected chi connectivity index (χ2v) is 5.92. The van der Waals surface area contributed by atoms with Crippen LogP contribution in [0.3, 0.4) is 0 Å². The Morgan fingerprint density at radius 1 is 1.05 bits per heavy atom. The van der Waals surface area contributed by atoms with Gasteiger partial charge < -0.3 is 9.80 Å². The van der Waals surface area contributed by atoms with E-state index in [4.69, 9.17) is 0 Å². The van der Waals surface area contributed by atoms with E-state index >= 15 is 0 Å². The second kappa shape index (κ2) is 6.22. The highest BCUT2D eigenvalue weighted by molar-refractivity contribution is 5.74. The van der Waals surface area contributed by atoms with Gasteiger partial charge in [-0.05, 0) is 30.2 Å². The van der Waals surface area contributed by atoms with E-state index < -0.39 is 0 Å².